The smallest absolute Gasteiger partial charge is 0.336 e. The molecule has 0 heterocycles. The van der Waals surface area contributed by atoms with E-state index in [1.807, 2.05) is 0 Å². The molecule has 0 spiro atoms. The lowest BCUT2D eigenvalue weighted by Gasteiger charge is -2.12. The lowest BCUT2D eigenvalue weighted by molar-refractivity contribution is 0.0684. The summed E-state index contributed by atoms with van der Waals surface area (Å²) in [4.78, 5) is 47.5. The van der Waals surface area contributed by atoms with Crippen molar-refractivity contribution in [1.29, 1.82) is 0 Å². The summed E-state index contributed by atoms with van der Waals surface area (Å²) in [6.45, 7) is 0. The molecule has 0 atom stereocenters. The van der Waals surface area contributed by atoms with E-state index < -0.39 is 17.8 Å². The Kier molecular flexibility index (Phi) is 6.97. The average molecular weight is 496 g/mol. The molecule has 4 rings (SSSR count). The van der Waals surface area contributed by atoms with Crippen LogP contribution in [-0.4, -0.2) is 34.3 Å². The summed E-state index contributed by atoms with van der Waals surface area (Å²) in [6, 6.07) is 21.6. The highest BCUT2D eigenvalue weighted by Gasteiger charge is 2.19. The van der Waals surface area contributed by atoms with Gasteiger partial charge in [0.15, 0.2) is 6.29 Å². The number of aromatic carboxylic acids is 2. The first kappa shape index (κ1) is 24.7. The fourth-order valence-electron chi connectivity index (χ4n) is 3.61. The molecule has 4 aromatic carbocycles. The van der Waals surface area contributed by atoms with Crippen molar-refractivity contribution in [3.63, 3.8) is 0 Å². The topological polar surface area (TPSA) is 156 Å². The number of carbonyl (C=O) groups is 4. The van der Waals surface area contributed by atoms with Crippen LogP contribution in [0.15, 0.2) is 84.9 Å². The predicted octanol–water partition coefficient (Wildman–Crippen LogP) is 5.19. The van der Waals surface area contributed by atoms with Crippen LogP contribution in [-0.2, 0) is 0 Å². The zero-order chi connectivity index (χ0) is 26.5. The van der Waals surface area contributed by atoms with E-state index in [9.17, 15) is 29.4 Å². The van der Waals surface area contributed by atoms with Gasteiger partial charge in [0, 0.05) is 16.9 Å². The largest absolute Gasteiger partial charge is 0.478 e. The number of carboxylic acids is 2. The number of hydrogen-bond acceptors (Lipinski definition) is 6. The number of nitrogens with two attached hydrogens (primary N) is 1. The quantitative estimate of drug-likeness (QED) is 0.192. The van der Waals surface area contributed by atoms with Crippen LogP contribution in [0.5, 0.6) is 11.5 Å². The maximum Gasteiger partial charge on any atom is 0.336 e. The minimum absolute atomic E-state index is 0.0420. The molecule has 0 aromatic heterocycles. The van der Waals surface area contributed by atoms with E-state index in [1.54, 1.807) is 48.5 Å². The first-order chi connectivity index (χ1) is 17.7. The standard InChI is InChI=1S/C28H20N2O7/c29-19-3-7-21(8-4-19)37-22-9-5-20(6-10-22)30-26(32)25-14-17(2-12-24(25)28(35)36)16-1-11-23(27(33)34)18(13-16)15-31/h1-15H,29H2,(H,30,32)(H,33,34)(H,35,36). The molecule has 0 aliphatic rings. The van der Waals surface area contributed by atoms with Gasteiger partial charge in [-0.15, -0.1) is 0 Å². The van der Waals surface area contributed by atoms with Crippen molar-refractivity contribution in [2.75, 3.05) is 11.1 Å². The summed E-state index contributed by atoms with van der Waals surface area (Å²) in [7, 11) is 0. The van der Waals surface area contributed by atoms with E-state index >= 15 is 0 Å². The highest BCUT2D eigenvalue weighted by atomic mass is 16.5. The molecule has 0 aliphatic heterocycles. The minimum Gasteiger partial charge on any atom is -0.478 e. The van der Waals surface area contributed by atoms with Crippen LogP contribution < -0.4 is 15.8 Å². The zero-order valence-electron chi connectivity index (χ0n) is 19.2. The third kappa shape index (κ3) is 5.63. The molecule has 1 amide bonds. The van der Waals surface area contributed by atoms with Crippen LogP contribution in [0, 0.1) is 0 Å². The summed E-state index contributed by atoms with van der Waals surface area (Å²) in [6.07, 6.45) is 0.423. The Morgan fingerprint density at radius 2 is 1.24 bits per heavy atom. The van der Waals surface area contributed by atoms with E-state index in [1.165, 1.54) is 36.4 Å². The molecular weight excluding hydrogens is 476 g/mol. The third-order valence-electron chi connectivity index (χ3n) is 5.46. The van der Waals surface area contributed by atoms with Gasteiger partial charge >= 0.3 is 11.9 Å². The number of ether oxygens (including phenoxy) is 1. The molecule has 37 heavy (non-hydrogen) atoms. The van der Waals surface area contributed by atoms with Crippen molar-refractivity contribution in [3.8, 4) is 22.6 Å². The highest BCUT2D eigenvalue weighted by Crippen LogP contribution is 2.27. The van der Waals surface area contributed by atoms with Gasteiger partial charge in [-0.1, -0.05) is 12.1 Å². The van der Waals surface area contributed by atoms with Crippen molar-refractivity contribution in [2.45, 2.75) is 0 Å². The Morgan fingerprint density at radius 1 is 0.703 bits per heavy atom. The summed E-state index contributed by atoms with van der Waals surface area (Å²) < 4.78 is 5.73. The summed E-state index contributed by atoms with van der Waals surface area (Å²) in [5.41, 5.74) is 7.03. The summed E-state index contributed by atoms with van der Waals surface area (Å²) in [5, 5.41) is 21.5. The molecule has 0 fully saturated rings. The molecule has 5 N–H and O–H groups in total. The molecule has 184 valence electrons. The van der Waals surface area contributed by atoms with Crippen molar-refractivity contribution in [2.24, 2.45) is 0 Å². The number of carbonyl (C=O) groups excluding carboxylic acids is 2. The van der Waals surface area contributed by atoms with Crippen LogP contribution in [0.25, 0.3) is 11.1 Å². The van der Waals surface area contributed by atoms with Crippen LogP contribution in [0.3, 0.4) is 0 Å². The molecule has 0 radical (unpaired) electrons. The number of hydrogen-bond donors (Lipinski definition) is 4. The molecule has 0 aliphatic carbocycles. The SMILES string of the molecule is Nc1ccc(Oc2ccc(NC(=O)c3cc(-c4ccc(C(=O)O)c(C=O)c4)ccc3C(=O)O)cc2)cc1. The van der Waals surface area contributed by atoms with Gasteiger partial charge in [-0.05, 0) is 83.9 Å². The van der Waals surface area contributed by atoms with Crippen molar-refractivity contribution in [1.82, 2.24) is 0 Å². The fraction of sp³-hybridized carbons (Fsp3) is 0. The molecule has 9 heteroatoms. The first-order valence-electron chi connectivity index (χ1n) is 10.9. The van der Waals surface area contributed by atoms with E-state index in [0.29, 0.717) is 40.3 Å². The minimum atomic E-state index is -1.29. The van der Waals surface area contributed by atoms with Crippen molar-refractivity contribution >= 4 is 35.5 Å². The number of carboxylic acid groups (broad SMARTS) is 2. The van der Waals surface area contributed by atoms with Gasteiger partial charge in [0.2, 0.25) is 0 Å². The van der Waals surface area contributed by atoms with Gasteiger partial charge in [-0.2, -0.15) is 0 Å². The summed E-state index contributed by atoms with van der Waals surface area (Å²) in [5.74, 6) is -2.10. The Hall–Kier alpha value is -5.44. The number of nitrogen functional groups attached to an aromatic ring is 1. The predicted molar refractivity (Wildman–Crippen MR) is 137 cm³/mol. The second kappa shape index (κ2) is 10.4. The average Bonchev–Trinajstić information content (AvgIpc) is 2.90. The second-order valence-corrected chi connectivity index (χ2v) is 7.94. The van der Waals surface area contributed by atoms with E-state index in [4.69, 9.17) is 10.5 Å². The Balaban J connectivity index is 1.58. The number of nitrogens with one attached hydrogen (secondary N) is 1. The zero-order valence-corrected chi connectivity index (χ0v) is 19.2. The Labute approximate surface area is 210 Å². The van der Waals surface area contributed by atoms with Gasteiger partial charge in [-0.25, -0.2) is 9.59 Å². The van der Waals surface area contributed by atoms with Crippen LogP contribution in [0.1, 0.15) is 41.4 Å². The molecule has 0 saturated carbocycles. The normalized spacial score (nSPS) is 10.4. The number of rotatable bonds is 8. The van der Waals surface area contributed by atoms with Gasteiger partial charge in [0.05, 0.1) is 16.7 Å². The number of aldehydes is 1. The molecule has 0 unspecified atom stereocenters. The van der Waals surface area contributed by atoms with Crippen LogP contribution in [0.2, 0.25) is 0 Å². The van der Waals surface area contributed by atoms with Gasteiger partial charge in [0.25, 0.3) is 5.91 Å². The van der Waals surface area contributed by atoms with Crippen molar-refractivity contribution < 1.29 is 34.1 Å². The molecule has 0 bridgehead atoms. The Bertz CT molecular complexity index is 1510. The number of benzene rings is 4. The highest BCUT2D eigenvalue weighted by molar-refractivity contribution is 6.11. The van der Waals surface area contributed by atoms with E-state index in [-0.39, 0.29) is 22.3 Å². The van der Waals surface area contributed by atoms with Gasteiger partial charge < -0.3 is 26.0 Å². The first-order valence-corrected chi connectivity index (χ1v) is 10.9. The molecular formula is C28H20N2O7. The third-order valence-corrected chi connectivity index (χ3v) is 5.46. The number of amides is 1. The lowest BCUT2D eigenvalue weighted by Crippen LogP contribution is -2.16. The van der Waals surface area contributed by atoms with Gasteiger partial charge in [-0.3, -0.25) is 9.59 Å². The lowest BCUT2D eigenvalue weighted by atomic mass is 9.96. The Morgan fingerprint density at radius 3 is 1.81 bits per heavy atom. The maximum absolute atomic E-state index is 13.0. The monoisotopic (exact) mass is 496 g/mol. The second-order valence-electron chi connectivity index (χ2n) is 7.94. The van der Waals surface area contributed by atoms with Crippen molar-refractivity contribution in [3.05, 3.63) is 107 Å². The van der Waals surface area contributed by atoms with Crippen LogP contribution >= 0.6 is 0 Å². The van der Waals surface area contributed by atoms with Gasteiger partial charge in [0.1, 0.15) is 11.5 Å². The number of anilines is 2. The maximum atomic E-state index is 13.0. The molecule has 4 aromatic rings. The van der Waals surface area contributed by atoms with E-state index in [2.05, 4.69) is 5.32 Å². The fourth-order valence-corrected chi connectivity index (χ4v) is 3.61. The summed E-state index contributed by atoms with van der Waals surface area (Å²) >= 11 is 0. The molecule has 0 saturated heterocycles. The molecule has 9 nitrogen and oxygen atoms in total. The van der Waals surface area contributed by atoms with Crippen LogP contribution in [0.4, 0.5) is 11.4 Å². The van der Waals surface area contributed by atoms with E-state index in [0.717, 1.165) is 0 Å².